The van der Waals surface area contributed by atoms with Crippen molar-refractivity contribution in [3.05, 3.63) is 34.3 Å². The lowest BCUT2D eigenvalue weighted by molar-refractivity contribution is -0.128. The van der Waals surface area contributed by atoms with E-state index < -0.39 is 0 Å². The SMILES string of the molecule is NCC1(C(=O)Cc2cccc(Br)c2)CCCCCC1. The van der Waals surface area contributed by atoms with Crippen LogP contribution in [0.2, 0.25) is 0 Å². The summed E-state index contributed by atoms with van der Waals surface area (Å²) in [6, 6.07) is 8.01. The minimum atomic E-state index is -0.265. The molecule has 1 aromatic rings. The molecule has 2 rings (SSSR count). The minimum absolute atomic E-state index is 0.265. The van der Waals surface area contributed by atoms with Crippen LogP contribution in [0.1, 0.15) is 44.1 Å². The average Bonchev–Trinajstić information content (AvgIpc) is 2.65. The van der Waals surface area contributed by atoms with E-state index in [0.717, 1.165) is 35.7 Å². The molecule has 0 heterocycles. The molecule has 0 spiro atoms. The van der Waals surface area contributed by atoms with Gasteiger partial charge < -0.3 is 5.73 Å². The Balaban J connectivity index is 2.12. The van der Waals surface area contributed by atoms with Crippen molar-refractivity contribution < 1.29 is 4.79 Å². The van der Waals surface area contributed by atoms with Gasteiger partial charge in [0.1, 0.15) is 5.78 Å². The summed E-state index contributed by atoms with van der Waals surface area (Å²) in [5, 5.41) is 0. The lowest BCUT2D eigenvalue weighted by atomic mass is 9.75. The fourth-order valence-corrected chi connectivity index (χ4v) is 3.47. The van der Waals surface area contributed by atoms with Crippen molar-refractivity contribution in [1.29, 1.82) is 0 Å². The van der Waals surface area contributed by atoms with E-state index in [-0.39, 0.29) is 5.41 Å². The first-order chi connectivity index (χ1) is 9.16. The van der Waals surface area contributed by atoms with Crippen LogP contribution in [0.5, 0.6) is 0 Å². The maximum absolute atomic E-state index is 12.7. The van der Waals surface area contributed by atoms with Crippen LogP contribution in [0.15, 0.2) is 28.7 Å². The third-order valence-electron chi connectivity index (χ3n) is 4.30. The number of carbonyl (C=O) groups excluding carboxylic acids is 1. The Morgan fingerprint density at radius 1 is 1.21 bits per heavy atom. The van der Waals surface area contributed by atoms with Crippen molar-refractivity contribution in [3.8, 4) is 0 Å². The number of nitrogens with two attached hydrogens (primary N) is 1. The molecule has 1 aromatic carbocycles. The number of Topliss-reactive ketones (excluding diaryl/α,β-unsaturated/α-hetero) is 1. The van der Waals surface area contributed by atoms with E-state index in [1.54, 1.807) is 0 Å². The number of hydrogen-bond donors (Lipinski definition) is 1. The smallest absolute Gasteiger partial charge is 0.144 e. The Labute approximate surface area is 123 Å². The summed E-state index contributed by atoms with van der Waals surface area (Å²) in [5.41, 5.74) is 6.78. The number of halogens is 1. The molecule has 0 saturated heterocycles. The Bertz CT molecular complexity index is 436. The lowest BCUT2D eigenvalue weighted by Gasteiger charge is -2.29. The van der Waals surface area contributed by atoms with E-state index >= 15 is 0 Å². The van der Waals surface area contributed by atoms with Crippen molar-refractivity contribution in [1.82, 2.24) is 0 Å². The van der Waals surface area contributed by atoms with Gasteiger partial charge in [-0.25, -0.2) is 0 Å². The highest BCUT2D eigenvalue weighted by atomic mass is 79.9. The molecule has 1 saturated carbocycles. The molecular formula is C16H22BrNO. The van der Waals surface area contributed by atoms with E-state index in [4.69, 9.17) is 5.73 Å². The molecule has 0 atom stereocenters. The Morgan fingerprint density at radius 2 is 1.89 bits per heavy atom. The van der Waals surface area contributed by atoms with Gasteiger partial charge in [-0.3, -0.25) is 4.79 Å². The number of rotatable bonds is 4. The molecule has 3 heteroatoms. The van der Waals surface area contributed by atoms with Crippen molar-refractivity contribution >= 4 is 21.7 Å². The molecule has 0 aliphatic heterocycles. The molecule has 0 aromatic heterocycles. The highest BCUT2D eigenvalue weighted by Crippen LogP contribution is 2.36. The quantitative estimate of drug-likeness (QED) is 0.855. The predicted octanol–water partition coefficient (Wildman–Crippen LogP) is 3.86. The van der Waals surface area contributed by atoms with Gasteiger partial charge in [-0.1, -0.05) is 53.7 Å². The van der Waals surface area contributed by atoms with Crippen molar-refractivity contribution in [3.63, 3.8) is 0 Å². The van der Waals surface area contributed by atoms with E-state index in [0.29, 0.717) is 18.7 Å². The number of hydrogen-bond acceptors (Lipinski definition) is 2. The number of benzene rings is 1. The molecule has 2 nitrogen and oxygen atoms in total. The van der Waals surface area contributed by atoms with E-state index in [1.165, 1.54) is 12.8 Å². The van der Waals surface area contributed by atoms with Gasteiger partial charge in [-0.2, -0.15) is 0 Å². The second kappa shape index (κ2) is 6.67. The summed E-state index contributed by atoms with van der Waals surface area (Å²) in [6.07, 6.45) is 7.21. The molecule has 104 valence electrons. The normalized spacial score (nSPS) is 18.8. The van der Waals surface area contributed by atoms with Gasteiger partial charge in [0.05, 0.1) is 0 Å². The molecule has 1 aliphatic rings. The van der Waals surface area contributed by atoms with E-state index in [9.17, 15) is 4.79 Å². The van der Waals surface area contributed by atoms with Crippen LogP contribution in [0.25, 0.3) is 0 Å². The van der Waals surface area contributed by atoms with Crippen molar-refractivity contribution in [2.45, 2.75) is 44.9 Å². The summed E-state index contributed by atoms with van der Waals surface area (Å²) in [6.45, 7) is 0.500. The number of ketones is 1. The summed E-state index contributed by atoms with van der Waals surface area (Å²) in [4.78, 5) is 12.7. The summed E-state index contributed by atoms with van der Waals surface area (Å²) in [5.74, 6) is 0.329. The standard InChI is InChI=1S/C16H22BrNO/c17-14-7-5-6-13(10-14)11-15(19)16(12-18)8-3-1-2-4-9-16/h5-7,10H,1-4,8-9,11-12,18H2. The zero-order chi connectivity index (χ0) is 13.7. The van der Waals surface area contributed by atoms with E-state index in [2.05, 4.69) is 15.9 Å². The van der Waals surface area contributed by atoms with Gasteiger partial charge in [-0.15, -0.1) is 0 Å². The second-order valence-electron chi connectivity index (χ2n) is 5.63. The molecule has 2 N–H and O–H groups in total. The largest absolute Gasteiger partial charge is 0.329 e. The van der Waals surface area contributed by atoms with Crippen LogP contribution < -0.4 is 5.73 Å². The maximum Gasteiger partial charge on any atom is 0.144 e. The monoisotopic (exact) mass is 323 g/mol. The first kappa shape index (κ1) is 14.7. The molecule has 0 unspecified atom stereocenters. The van der Waals surface area contributed by atoms with Crippen molar-refractivity contribution in [2.24, 2.45) is 11.1 Å². The highest BCUT2D eigenvalue weighted by molar-refractivity contribution is 9.10. The third-order valence-corrected chi connectivity index (χ3v) is 4.79. The van der Waals surface area contributed by atoms with Gasteiger partial charge in [0.25, 0.3) is 0 Å². The Morgan fingerprint density at radius 3 is 2.47 bits per heavy atom. The van der Waals surface area contributed by atoms with Gasteiger partial charge >= 0.3 is 0 Å². The Kier molecular flexibility index (Phi) is 5.17. The van der Waals surface area contributed by atoms with Crippen LogP contribution in [0.3, 0.4) is 0 Å². The zero-order valence-corrected chi connectivity index (χ0v) is 12.9. The lowest BCUT2D eigenvalue weighted by Crippen LogP contribution is -2.39. The van der Waals surface area contributed by atoms with Crippen LogP contribution >= 0.6 is 15.9 Å². The second-order valence-corrected chi connectivity index (χ2v) is 6.54. The van der Waals surface area contributed by atoms with Gasteiger partial charge in [0.15, 0.2) is 0 Å². The van der Waals surface area contributed by atoms with Crippen molar-refractivity contribution in [2.75, 3.05) is 6.54 Å². The summed E-state index contributed by atoms with van der Waals surface area (Å²) < 4.78 is 1.03. The summed E-state index contributed by atoms with van der Waals surface area (Å²) >= 11 is 3.46. The fourth-order valence-electron chi connectivity index (χ4n) is 3.02. The van der Waals surface area contributed by atoms with E-state index in [1.807, 2.05) is 24.3 Å². The third kappa shape index (κ3) is 3.67. The fraction of sp³-hybridized carbons (Fsp3) is 0.562. The van der Waals surface area contributed by atoms with Crippen LogP contribution in [-0.2, 0) is 11.2 Å². The number of carbonyl (C=O) groups is 1. The van der Waals surface area contributed by atoms with Gasteiger partial charge in [0, 0.05) is 22.9 Å². The van der Waals surface area contributed by atoms with Gasteiger partial charge in [-0.05, 0) is 30.5 Å². The van der Waals surface area contributed by atoms with Crippen LogP contribution in [-0.4, -0.2) is 12.3 Å². The average molecular weight is 324 g/mol. The molecule has 1 fully saturated rings. The van der Waals surface area contributed by atoms with Crippen LogP contribution in [0, 0.1) is 5.41 Å². The molecular weight excluding hydrogens is 302 g/mol. The molecule has 0 radical (unpaired) electrons. The Hall–Kier alpha value is -0.670. The molecule has 0 amide bonds. The molecule has 0 bridgehead atoms. The van der Waals surface area contributed by atoms with Crippen LogP contribution in [0.4, 0.5) is 0 Å². The summed E-state index contributed by atoms with van der Waals surface area (Å²) in [7, 11) is 0. The molecule has 19 heavy (non-hydrogen) atoms. The maximum atomic E-state index is 12.7. The predicted molar refractivity (Wildman–Crippen MR) is 82.0 cm³/mol. The van der Waals surface area contributed by atoms with Gasteiger partial charge in [0.2, 0.25) is 0 Å². The topological polar surface area (TPSA) is 43.1 Å². The zero-order valence-electron chi connectivity index (χ0n) is 11.3. The highest BCUT2D eigenvalue weighted by Gasteiger charge is 2.36. The molecule has 1 aliphatic carbocycles. The first-order valence-electron chi connectivity index (χ1n) is 7.14. The first-order valence-corrected chi connectivity index (χ1v) is 7.93. The minimum Gasteiger partial charge on any atom is -0.329 e.